The van der Waals surface area contributed by atoms with E-state index in [4.69, 9.17) is 5.73 Å². The average Bonchev–Trinajstić information content (AvgIpc) is 2.55. The molecular formula is C19H28N4. The number of anilines is 2. The van der Waals surface area contributed by atoms with E-state index in [0.717, 1.165) is 24.6 Å². The number of rotatable bonds is 7. The summed E-state index contributed by atoms with van der Waals surface area (Å²) in [5, 5.41) is 0. The molecule has 0 spiro atoms. The number of pyridine rings is 1. The lowest BCUT2D eigenvalue weighted by Crippen LogP contribution is -2.36. The minimum absolute atomic E-state index is 0.135. The van der Waals surface area contributed by atoms with Crippen LogP contribution in [0.3, 0.4) is 0 Å². The zero-order chi connectivity index (χ0) is 16.9. The van der Waals surface area contributed by atoms with Crippen molar-refractivity contribution in [1.82, 2.24) is 9.88 Å². The second kappa shape index (κ2) is 7.57. The van der Waals surface area contributed by atoms with Crippen molar-refractivity contribution in [1.29, 1.82) is 0 Å². The zero-order valence-electron chi connectivity index (χ0n) is 14.7. The number of para-hydroxylation sites is 1. The Bertz CT molecular complexity index is 593. The zero-order valence-corrected chi connectivity index (χ0v) is 14.7. The topological polar surface area (TPSA) is 45.4 Å². The van der Waals surface area contributed by atoms with Crippen molar-refractivity contribution in [2.45, 2.75) is 20.4 Å². The Morgan fingerprint density at radius 2 is 1.74 bits per heavy atom. The van der Waals surface area contributed by atoms with Crippen molar-refractivity contribution in [3.63, 3.8) is 0 Å². The fourth-order valence-corrected chi connectivity index (χ4v) is 2.66. The maximum Gasteiger partial charge on any atom is 0.132 e. The van der Waals surface area contributed by atoms with Gasteiger partial charge in [0.15, 0.2) is 0 Å². The Balaban J connectivity index is 1.99. The van der Waals surface area contributed by atoms with E-state index in [1.54, 1.807) is 0 Å². The molecule has 0 radical (unpaired) electrons. The third-order valence-electron chi connectivity index (χ3n) is 4.00. The molecular weight excluding hydrogens is 284 g/mol. The number of benzene rings is 1. The van der Waals surface area contributed by atoms with Gasteiger partial charge in [-0.2, -0.15) is 0 Å². The Morgan fingerprint density at radius 3 is 2.30 bits per heavy atom. The van der Waals surface area contributed by atoms with Gasteiger partial charge in [0.1, 0.15) is 5.82 Å². The van der Waals surface area contributed by atoms with Gasteiger partial charge in [-0.3, -0.25) is 0 Å². The van der Waals surface area contributed by atoms with Crippen LogP contribution >= 0.6 is 0 Å². The maximum absolute atomic E-state index is 5.81. The molecule has 4 nitrogen and oxygen atoms in total. The Labute approximate surface area is 139 Å². The van der Waals surface area contributed by atoms with E-state index in [-0.39, 0.29) is 5.41 Å². The van der Waals surface area contributed by atoms with E-state index in [1.165, 1.54) is 5.56 Å². The van der Waals surface area contributed by atoms with E-state index in [0.29, 0.717) is 6.54 Å². The van der Waals surface area contributed by atoms with Gasteiger partial charge in [0, 0.05) is 32.0 Å². The van der Waals surface area contributed by atoms with Crippen molar-refractivity contribution < 1.29 is 0 Å². The number of hydrogen-bond acceptors (Lipinski definition) is 4. The molecule has 1 aromatic heterocycles. The van der Waals surface area contributed by atoms with Gasteiger partial charge in [0.05, 0.1) is 0 Å². The number of nitrogens with zero attached hydrogens (tertiary/aromatic N) is 3. The van der Waals surface area contributed by atoms with Gasteiger partial charge in [-0.15, -0.1) is 0 Å². The van der Waals surface area contributed by atoms with Gasteiger partial charge in [0.2, 0.25) is 0 Å². The Hall–Kier alpha value is -1.91. The van der Waals surface area contributed by atoms with Crippen molar-refractivity contribution >= 4 is 11.5 Å². The highest BCUT2D eigenvalue weighted by molar-refractivity contribution is 5.58. The predicted octanol–water partition coefficient (Wildman–Crippen LogP) is 3.27. The van der Waals surface area contributed by atoms with Gasteiger partial charge in [-0.25, -0.2) is 4.98 Å². The number of nitrogens with two attached hydrogens (primary N) is 1. The monoisotopic (exact) mass is 312 g/mol. The summed E-state index contributed by atoms with van der Waals surface area (Å²) in [6.45, 7) is 6.93. The molecule has 0 saturated carbocycles. The van der Waals surface area contributed by atoms with Crippen molar-refractivity contribution in [2.75, 3.05) is 32.1 Å². The number of hydrogen-bond donors (Lipinski definition) is 1. The van der Waals surface area contributed by atoms with Crippen LogP contribution in [0.25, 0.3) is 0 Å². The summed E-state index contributed by atoms with van der Waals surface area (Å²) in [6, 6.07) is 14.5. The van der Waals surface area contributed by atoms with Gasteiger partial charge in [0.25, 0.3) is 0 Å². The van der Waals surface area contributed by atoms with Crippen molar-refractivity contribution in [3.8, 4) is 0 Å². The number of aromatic nitrogens is 1. The van der Waals surface area contributed by atoms with Gasteiger partial charge in [-0.1, -0.05) is 38.1 Å². The molecule has 0 saturated heterocycles. The molecule has 0 aliphatic rings. The summed E-state index contributed by atoms with van der Waals surface area (Å²) in [5.74, 6) is 0.949. The van der Waals surface area contributed by atoms with Crippen LogP contribution in [-0.4, -0.2) is 37.1 Å². The van der Waals surface area contributed by atoms with Crippen LogP contribution in [0, 0.1) is 5.41 Å². The summed E-state index contributed by atoms with van der Waals surface area (Å²) < 4.78 is 0. The smallest absolute Gasteiger partial charge is 0.132 e. The van der Waals surface area contributed by atoms with Gasteiger partial charge in [-0.05, 0) is 42.8 Å². The molecule has 2 N–H and O–H groups in total. The van der Waals surface area contributed by atoms with E-state index < -0.39 is 0 Å². The Morgan fingerprint density at radius 1 is 1.04 bits per heavy atom. The van der Waals surface area contributed by atoms with E-state index in [9.17, 15) is 0 Å². The van der Waals surface area contributed by atoms with Crippen molar-refractivity contribution in [3.05, 3.63) is 54.2 Å². The second-order valence-corrected chi connectivity index (χ2v) is 6.96. The third kappa shape index (κ3) is 5.05. The van der Waals surface area contributed by atoms with Crippen LogP contribution in [0.5, 0.6) is 0 Å². The molecule has 0 aliphatic carbocycles. The first-order valence-electron chi connectivity index (χ1n) is 8.03. The summed E-state index contributed by atoms with van der Waals surface area (Å²) in [5.41, 5.74) is 8.29. The molecule has 2 aromatic rings. The fraction of sp³-hybridized carbons (Fsp3) is 0.421. The predicted molar refractivity (Wildman–Crippen MR) is 97.9 cm³/mol. The maximum atomic E-state index is 5.81. The van der Waals surface area contributed by atoms with Crippen LogP contribution in [0.2, 0.25) is 0 Å². The fourth-order valence-electron chi connectivity index (χ4n) is 2.66. The molecule has 23 heavy (non-hydrogen) atoms. The lowest BCUT2D eigenvalue weighted by Gasteiger charge is -2.29. The molecule has 4 heteroatoms. The lowest BCUT2D eigenvalue weighted by molar-refractivity contribution is 0.210. The van der Waals surface area contributed by atoms with Crippen LogP contribution in [0.4, 0.5) is 11.5 Å². The summed E-state index contributed by atoms with van der Waals surface area (Å²) in [7, 11) is 4.16. The molecule has 1 aromatic carbocycles. The highest BCUT2D eigenvalue weighted by Crippen LogP contribution is 2.21. The van der Waals surface area contributed by atoms with E-state index in [1.807, 2.05) is 31.4 Å². The first kappa shape index (κ1) is 17.4. The van der Waals surface area contributed by atoms with Gasteiger partial charge >= 0.3 is 0 Å². The molecule has 0 bridgehead atoms. The van der Waals surface area contributed by atoms with E-state index >= 15 is 0 Å². The van der Waals surface area contributed by atoms with E-state index in [2.05, 4.69) is 59.9 Å². The SMILES string of the molecule is CN(Cc1ccc(N(C)c2ccccc2)nc1)CC(C)(C)CN. The molecule has 0 fully saturated rings. The lowest BCUT2D eigenvalue weighted by atomic mass is 9.93. The molecule has 0 atom stereocenters. The van der Waals surface area contributed by atoms with Crippen LogP contribution in [0.1, 0.15) is 19.4 Å². The molecule has 0 amide bonds. The average molecular weight is 312 g/mol. The second-order valence-electron chi connectivity index (χ2n) is 6.96. The summed E-state index contributed by atoms with van der Waals surface area (Å²) in [4.78, 5) is 8.98. The quantitative estimate of drug-likeness (QED) is 0.852. The minimum atomic E-state index is 0.135. The highest BCUT2D eigenvalue weighted by atomic mass is 15.2. The summed E-state index contributed by atoms with van der Waals surface area (Å²) >= 11 is 0. The first-order valence-corrected chi connectivity index (χ1v) is 8.03. The molecule has 2 rings (SSSR count). The standard InChI is InChI=1S/C19H28N4/c1-19(2,14-20)15-22(3)13-16-10-11-18(21-12-16)23(4)17-8-6-5-7-9-17/h5-12H,13-15,20H2,1-4H3. The van der Waals surface area contributed by atoms with Crippen molar-refractivity contribution in [2.24, 2.45) is 11.1 Å². The Kier molecular flexibility index (Phi) is 5.74. The molecule has 124 valence electrons. The molecule has 0 aliphatic heterocycles. The largest absolute Gasteiger partial charge is 0.330 e. The third-order valence-corrected chi connectivity index (χ3v) is 4.00. The van der Waals surface area contributed by atoms with Crippen LogP contribution in [0.15, 0.2) is 48.7 Å². The molecule has 0 unspecified atom stereocenters. The first-order chi connectivity index (χ1) is 10.9. The molecule has 1 heterocycles. The van der Waals surface area contributed by atoms with Crippen LogP contribution < -0.4 is 10.6 Å². The highest BCUT2D eigenvalue weighted by Gasteiger charge is 2.18. The normalized spacial score (nSPS) is 11.7. The summed E-state index contributed by atoms with van der Waals surface area (Å²) in [6.07, 6.45) is 1.96. The van der Waals surface area contributed by atoms with Crippen LogP contribution in [-0.2, 0) is 6.54 Å². The minimum Gasteiger partial charge on any atom is -0.330 e. The van der Waals surface area contributed by atoms with Gasteiger partial charge < -0.3 is 15.5 Å².